The number of carbonyl (C=O) groups excluding carboxylic acids is 2. The number of anilines is 2. The number of thioether (sulfide) groups is 1. The Balaban J connectivity index is 1.58. The van der Waals surface area contributed by atoms with Gasteiger partial charge in [0.05, 0.1) is 17.2 Å². The summed E-state index contributed by atoms with van der Waals surface area (Å²) >= 11 is 1.59. The molecule has 1 N–H and O–H groups in total. The molecule has 2 amide bonds. The van der Waals surface area contributed by atoms with Gasteiger partial charge in [-0.2, -0.15) is 0 Å². The van der Waals surface area contributed by atoms with Crippen molar-refractivity contribution in [3.8, 4) is 0 Å². The van der Waals surface area contributed by atoms with E-state index in [-0.39, 0.29) is 30.0 Å². The Bertz CT molecular complexity index is 1050. The Morgan fingerprint density at radius 3 is 2.79 bits per heavy atom. The van der Waals surface area contributed by atoms with Gasteiger partial charge in [0.25, 0.3) is 0 Å². The SMILES string of the molecule is Cc1ccc(C)c(NC(=O)CN2C(=O)C[C@H](c3ccco3)Sc3ccccc32)c1. The largest absolute Gasteiger partial charge is 0.468 e. The van der Waals surface area contributed by atoms with Gasteiger partial charge in [0.15, 0.2) is 0 Å². The summed E-state index contributed by atoms with van der Waals surface area (Å²) in [6.45, 7) is 3.90. The Morgan fingerprint density at radius 2 is 2.00 bits per heavy atom. The number of aryl methyl sites for hydroxylation is 2. The first-order valence-electron chi connectivity index (χ1n) is 9.48. The molecule has 1 atom stereocenters. The smallest absolute Gasteiger partial charge is 0.244 e. The van der Waals surface area contributed by atoms with Crippen LogP contribution in [0.15, 0.2) is 70.2 Å². The molecule has 0 radical (unpaired) electrons. The minimum absolute atomic E-state index is 0.0331. The fourth-order valence-corrected chi connectivity index (χ4v) is 4.63. The molecule has 1 aliphatic heterocycles. The van der Waals surface area contributed by atoms with Gasteiger partial charge in [0.1, 0.15) is 12.3 Å². The maximum absolute atomic E-state index is 13.1. The molecule has 2 aromatic carbocycles. The average Bonchev–Trinajstić information content (AvgIpc) is 3.19. The normalized spacial score (nSPS) is 16.3. The zero-order valence-electron chi connectivity index (χ0n) is 16.3. The minimum atomic E-state index is -0.219. The highest BCUT2D eigenvalue weighted by atomic mass is 32.2. The van der Waals surface area contributed by atoms with Crippen LogP contribution in [0.4, 0.5) is 11.4 Å². The van der Waals surface area contributed by atoms with Gasteiger partial charge in [-0.15, -0.1) is 11.8 Å². The third-order valence-corrected chi connectivity index (χ3v) is 6.20. The van der Waals surface area contributed by atoms with Gasteiger partial charge in [-0.3, -0.25) is 9.59 Å². The van der Waals surface area contributed by atoms with Gasteiger partial charge in [-0.25, -0.2) is 0 Å². The predicted octanol–water partition coefficient (Wildman–Crippen LogP) is 5.11. The van der Waals surface area contributed by atoms with Crippen molar-refractivity contribution in [2.45, 2.75) is 30.4 Å². The number of carbonyl (C=O) groups is 2. The Hall–Kier alpha value is -2.99. The number of nitrogens with one attached hydrogen (secondary N) is 1. The molecule has 1 aliphatic rings. The molecule has 5 nitrogen and oxygen atoms in total. The number of nitrogens with zero attached hydrogens (tertiary/aromatic N) is 1. The van der Waals surface area contributed by atoms with E-state index in [1.807, 2.05) is 68.4 Å². The van der Waals surface area contributed by atoms with Crippen molar-refractivity contribution < 1.29 is 14.0 Å². The molecule has 4 rings (SSSR count). The van der Waals surface area contributed by atoms with E-state index >= 15 is 0 Å². The third kappa shape index (κ3) is 4.22. The summed E-state index contributed by atoms with van der Waals surface area (Å²) in [7, 11) is 0. The molecule has 0 saturated carbocycles. The first kappa shape index (κ1) is 19.3. The van der Waals surface area contributed by atoms with E-state index in [1.54, 1.807) is 22.9 Å². The maximum Gasteiger partial charge on any atom is 0.244 e. The van der Waals surface area contributed by atoms with E-state index in [1.165, 1.54) is 0 Å². The Labute approximate surface area is 174 Å². The fourth-order valence-electron chi connectivity index (χ4n) is 3.39. The molecular weight excluding hydrogens is 384 g/mol. The third-order valence-electron chi connectivity index (χ3n) is 4.92. The molecule has 0 bridgehead atoms. The molecule has 0 aliphatic carbocycles. The van der Waals surface area contributed by atoms with Gasteiger partial charge >= 0.3 is 0 Å². The van der Waals surface area contributed by atoms with Gasteiger partial charge in [0, 0.05) is 17.0 Å². The van der Waals surface area contributed by atoms with Gasteiger partial charge in [-0.05, 0) is 55.3 Å². The summed E-state index contributed by atoms with van der Waals surface area (Å²) in [6, 6.07) is 17.3. The van der Waals surface area contributed by atoms with E-state index < -0.39 is 0 Å². The second kappa shape index (κ2) is 8.17. The zero-order valence-corrected chi connectivity index (χ0v) is 17.2. The number of rotatable bonds is 4. The monoisotopic (exact) mass is 406 g/mol. The summed E-state index contributed by atoms with van der Waals surface area (Å²) in [5, 5.41) is 2.83. The second-order valence-corrected chi connectivity index (χ2v) is 8.38. The van der Waals surface area contributed by atoms with Crippen LogP contribution < -0.4 is 10.2 Å². The number of furan rings is 1. The van der Waals surface area contributed by atoms with E-state index in [9.17, 15) is 9.59 Å². The summed E-state index contributed by atoms with van der Waals surface area (Å²) in [6.07, 6.45) is 1.89. The van der Waals surface area contributed by atoms with Crippen molar-refractivity contribution in [2.24, 2.45) is 0 Å². The lowest BCUT2D eigenvalue weighted by atomic mass is 10.1. The lowest BCUT2D eigenvalue weighted by Crippen LogP contribution is -2.38. The van der Waals surface area contributed by atoms with Crippen molar-refractivity contribution in [2.75, 3.05) is 16.8 Å². The molecule has 2 heterocycles. The van der Waals surface area contributed by atoms with Crippen LogP contribution in [-0.2, 0) is 9.59 Å². The number of hydrogen-bond donors (Lipinski definition) is 1. The maximum atomic E-state index is 13.1. The Morgan fingerprint density at radius 1 is 1.17 bits per heavy atom. The number of hydrogen-bond acceptors (Lipinski definition) is 4. The topological polar surface area (TPSA) is 62.6 Å². The highest BCUT2D eigenvalue weighted by Crippen LogP contribution is 2.45. The Kier molecular flexibility index (Phi) is 5.45. The van der Waals surface area contributed by atoms with E-state index in [4.69, 9.17) is 4.42 Å². The van der Waals surface area contributed by atoms with Crippen LogP contribution in [0.3, 0.4) is 0 Å². The lowest BCUT2D eigenvalue weighted by molar-refractivity contribution is -0.121. The van der Waals surface area contributed by atoms with E-state index in [2.05, 4.69) is 5.32 Å². The number of amides is 2. The minimum Gasteiger partial charge on any atom is -0.468 e. The molecule has 0 spiro atoms. The highest BCUT2D eigenvalue weighted by molar-refractivity contribution is 7.99. The molecule has 6 heteroatoms. The van der Waals surface area contributed by atoms with Crippen LogP contribution >= 0.6 is 11.8 Å². The average molecular weight is 407 g/mol. The van der Waals surface area contributed by atoms with Crippen LogP contribution in [0.2, 0.25) is 0 Å². The van der Waals surface area contributed by atoms with Crippen LogP contribution in [0, 0.1) is 13.8 Å². The van der Waals surface area contributed by atoms with Crippen LogP contribution in [-0.4, -0.2) is 18.4 Å². The van der Waals surface area contributed by atoms with Crippen LogP contribution in [0.5, 0.6) is 0 Å². The number of fused-ring (bicyclic) bond motifs is 1. The summed E-state index contributed by atoms with van der Waals surface area (Å²) in [4.78, 5) is 28.4. The van der Waals surface area contributed by atoms with Crippen LogP contribution in [0.1, 0.15) is 28.6 Å². The summed E-state index contributed by atoms with van der Waals surface area (Å²) < 4.78 is 5.54. The molecule has 29 heavy (non-hydrogen) atoms. The first-order valence-corrected chi connectivity index (χ1v) is 10.4. The predicted molar refractivity (Wildman–Crippen MR) is 115 cm³/mol. The van der Waals surface area contributed by atoms with E-state index in [0.717, 1.165) is 33.2 Å². The molecular formula is C23H22N2O3S. The standard InChI is InChI=1S/C23H22N2O3S/c1-15-9-10-16(2)17(12-15)24-22(26)14-25-18-6-3-4-8-20(18)29-21(13-23(25)27)19-7-5-11-28-19/h3-12,21H,13-14H2,1-2H3,(H,24,26)/t21-/m1/s1. The highest BCUT2D eigenvalue weighted by Gasteiger charge is 2.31. The number of para-hydroxylation sites is 1. The van der Waals surface area contributed by atoms with E-state index in [0.29, 0.717) is 0 Å². The van der Waals surface area contributed by atoms with Crippen molar-refractivity contribution >= 4 is 35.0 Å². The molecule has 148 valence electrons. The zero-order chi connectivity index (χ0) is 20.4. The van der Waals surface area contributed by atoms with Crippen molar-refractivity contribution in [3.63, 3.8) is 0 Å². The molecule has 3 aromatic rings. The van der Waals surface area contributed by atoms with Crippen molar-refractivity contribution in [3.05, 3.63) is 77.7 Å². The van der Waals surface area contributed by atoms with Crippen molar-refractivity contribution in [1.82, 2.24) is 0 Å². The molecule has 0 fully saturated rings. The first-order chi connectivity index (χ1) is 14.0. The van der Waals surface area contributed by atoms with Gasteiger partial charge < -0.3 is 14.6 Å². The van der Waals surface area contributed by atoms with Crippen LogP contribution in [0.25, 0.3) is 0 Å². The quantitative estimate of drug-likeness (QED) is 0.654. The van der Waals surface area contributed by atoms with Crippen molar-refractivity contribution in [1.29, 1.82) is 0 Å². The van der Waals surface area contributed by atoms with Gasteiger partial charge in [-0.1, -0.05) is 24.3 Å². The fraction of sp³-hybridized carbons (Fsp3) is 0.217. The molecule has 1 aromatic heterocycles. The lowest BCUT2D eigenvalue weighted by Gasteiger charge is -2.22. The molecule has 0 unspecified atom stereocenters. The molecule has 0 saturated heterocycles. The summed E-state index contributed by atoms with van der Waals surface area (Å²) in [5.74, 6) is 0.447. The second-order valence-electron chi connectivity index (χ2n) is 7.14. The van der Waals surface area contributed by atoms with Gasteiger partial charge in [0.2, 0.25) is 11.8 Å². The summed E-state index contributed by atoms with van der Waals surface area (Å²) in [5.41, 5.74) is 3.58. The number of benzene rings is 2.